The summed E-state index contributed by atoms with van der Waals surface area (Å²) in [6, 6.07) is 13.1. The van der Waals surface area contributed by atoms with Crippen LogP contribution in [0.1, 0.15) is 37.7 Å². The molecule has 2 aromatic carbocycles. The molecule has 2 amide bonds. The molecule has 0 aliphatic carbocycles. The van der Waals surface area contributed by atoms with Gasteiger partial charge in [-0.1, -0.05) is 48.5 Å². The van der Waals surface area contributed by atoms with Gasteiger partial charge in [-0.15, -0.1) is 10.2 Å². The molecule has 3 rings (SSSR count). The van der Waals surface area contributed by atoms with Crippen LogP contribution in [0.15, 0.2) is 47.6 Å². The third kappa shape index (κ3) is 7.47. The van der Waals surface area contributed by atoms with E-state index in [-0.39, 0.29) is 24.1 Å². The number of nitrogens with zero attached hydrogens (tertiary/aromatic N) is 3. The lowest BCUT2D eigenvalue weighted by Crippen LogP contribution is -2.36. The average molecular weight is 516 g/mol. The van der Waals surface area contributed by atoms with Gasteiger partial charge in [-0.2, -0.15) is 0 Å². The molecule has 0 unspecified atom stereocenters. The van der Waals surface area contributed by atoms with E-state index < -0.39 is 6.10 Å². The van der Waals surface area contributed by atoms with E-state index in [4.69, 9.17) is 16.3 Å². The largest absolute Gasteiger partial charge is 0.481 e. The predicted octanol–water partition coefficient (Wildman–Crippen LogP) is 4.64. The van der Waals surface area contributed by atoms with Crippen molar-refractivity contribution in [3.63, 3.8) is 0 Å². The fourth-order valence-corrected chi connectivity index (χ4v) is 4.25. The van der Waals surface area contributed by atoms with E-state index in [1.54, 1.807) is 13.0 Å². The fourth-order valence-electron chi connectivity index (χ4n) is 3.24. The molecule has 0 spiro atoms. The number of nitrogens with one attached hydrogen (secondary N) is 2. The van der Waals surface area contributed by atoms with Crippen molar-refractivity contribution in [3.8, 4) is 5.75 Å². The summed E-state index contributed by atoms with van der Waals surface area (Å²) < 4.78 is 7.61. The maximum absolute atomic E-state index is 12.5. The van der Waals surface area contributed by atoms with E-state index in [1.807, 2.05) is 54.8 Å². The lowest BCUT2D eigenvalue weighted by molar-refractivity contribution is -0.127. The number of ether oxygens (including phenoxy) is 1. The molecule has 8 nitrogen and oxygen atoms in total. The van der Waals surface area contributed by atoms with Crippen LogP contribution in [0.3, 0.4) is 0 Å². The molecule has 0 bridgehead atoms. The fraction of sp³-hybridized carbons (Fsp3) is 0.360. The van der Waals surface area contributed by atoms with E-state index in [1.165, 1.54) is 17.3 Å². The van der Waals surface area contributed by atoms with Gasteiger partial charge in [0, 0.05) is 17.3 Å². The summed E-state index contributed by atoms with van der Waals surface area (Å²) in [5.74, 6) is 0.992. The highest BCUT2D eigenvalue weighted by Gasteiger charge is 2.18. The van der Waals surface area contributed by atoms with Crippen molar-refractivity contribution >= 4 is 40.9 Å². The Bertz CT molecular complexity index is 1170. The second-order valence-electron chi connectivity index (χ2n) is 7.92. The van der Waals surface area contributed by atoms with Gasteiger partial charge < -0.3 is 19.9 Å². The first-order valence-electron chi connectivity index (χ1n) is 11.4. The minimum atomic E-state index is -0.659. The molecule has 0 saturated heterocycles. The molecular formula is C25H30ClN5O3S. The van der Waals surface area contributed by atoms with Gasteiger partial charge in [-0.05, 0) is 62.6 Å². The summed E-state index contributed by atoms with van der Waals surface area (Å²) in [5, 5.41) is 15.3. The maximum atomic E-state index is 12.5. The van der Waals surface area contributed by atoms with Crippen molar-refractivity contribution in [3.05, 3.63) is 64.4 Å². The summed E-state index contributed by atoms with van der Waals surface area (Å²) in [4.78, 5) is 24.9. The topological polar surface area (TPSA) is 98.1 Å². The summed E-state index contributed by atoms with van der Waals surface area (Å²) >= 11 is 7.40. The Morgan fingerprint density at radius 3 is 2.54 bits per heavy atom. The van der Waals surface area contributed by atoms with Crippen LogP contribution in [0, 0.1) is 6.92 Å². The molecule has 0 aliphatic heterocycles. The zero-order valence-electron chi connectivity index (χ0n) is 20.3. The first-order valence-corrected chi connectivity index (χ1v) is 12.8. The lowest BCUT2D eigenvalue weighted by atomic mass is 10.2. The van der Waals surface area contributed by atoms with Crippen molar-refractivity contribution in [2.45, 2.75) is 58.5 Å². The number of hydrogen-bond acceptors (Lipinski definition) is 6. The first kappa shape index (κ1) is 26.6. The van der Waals surface area contributed by atoms with Gasteiger partial charge in [-0.25, -0.2) is 0 Å². The van der Waals surface area contributed by atoms with Gasteiger partial charge in [0.05, 0.1) is 12.3 Å². The molecule has 0 aliphatic rings. The lowest BCUT2D eigenvalue weighted by Gasteiger charge is -2.15. The maximum Gasteiger partial charge on any atom is 0.261 e. The SMILES string of the molecule is CCc1ccc(O[C@@H](C)C(=O)NCc2nnc(SCC(=O)Nc3ccc(C)c(Cl)c3)n2CC)cc1. The van der Waals surface area contributed by atoms with Crippen molar-refractivity contribution in [1.29, 1.82) is 0 Å². The van der Waals surface area contributed by atoms with Crippen molar-refractivity contribution in [2.75, 3.05) is 11.1 Å². The van der Waals surface area contributed by atoms with Crippen LogP contribution in [-0.4, -0.2) is 38.4 Å². The Morgan fingerprint density at radius 2 is 1.89 bits per heavy atom. The number of hydrogen-bond donors (Lipinski definition) is 2. The van der Waals surface area contributed by atoms with E-state index in [2.05, 4.69) is 27.8 Å². The Kier molecular flexibility index (Phi) is 9.56. The minimum Gasteiger partial charge on any atom is -0.481 e. The second-order valence-corrected chi connectivity index (χ2v) is 9.27. The van der Waals surface area contributed by atoms with Crippen LogP contribution < -0.4 is 15.4 Å². The van der Waals surface area contributed by atoms with E-state index in [0.717, 1.165) is 12.0 Å². The standard InChI is InChI=1S/C25H30ClN5O3S/c1-5-18-8-11-20(12-9-18)34-17(4)24(33)27-14-22-29-30-25(31(22)6-2)35-15-23(32)28-19-10-7-16(3)21(26)13-19/h7-13,17H,5-6,14-15H2,1-4H3,(H,27,33)(H,28,32)/t17-/m0/s1. The minimum absolute atomic E-state index is 0.164. The molecule has 0 radical (unpaired) electrons. The molecule has 35 heavy (non-hydrogen) atoms. The number of carbonyl (C=O) groups is 2. The average Bonchev–Trinajstić information content (AvgIpc) is 3.25. The van der Waals surface area contributed by atoms with Gasteiger partial charge in [0.25, 0.3) is 5.91 Å². The highest BCUT2D eigenvalue weighted by atomic mass is 35.5. The monoisotopic (exact) mass is 515 g/mol. The number of anilines is 1. The Balaban J connectivity index is 1.51. The molecule has 0 saturated carbocycles. The number of benzene rings is 2. The molecule has 0 fully saturated rings. The second kappa shape index (κ2) is 12.6. The van der Waals surface area contributed by atoms with Gasteiger partial charge in [0.2, 0.25) is 5.91 Å². The molecular weight excluding hydrogens is 486 g/mol. The summed E-state index contributed by atoms with van der Waals surface area (Å²) in [7, 11) is 0. The van der Waals surface area contributed by atoms with Crippen molar-refractivity contribution in [1.82, 2.24) is 20.1 Å². The molecule has 3 aromatic rings. The van der Waals surface area contributed by atoms with Gasteiger partial charge >= 0.3 is 0 Å². The summed E-state index contributed by atoms with van der Waals surface area (Å²) in [5.41, 5.74) is 2.80. The zero-order valence-corrected chi connectivity index (χ0v) is 21.9. The normalized spacial score (nSPS) is 11.7. The van der Waals surface area contributed by atoms with E-state index in [9.17, 15) is 9.59 Å². The van der Waals surface area contributed by atoms with E-state index in [0.29, 0.717) is 34.0 Å². The van der Waals surface area contributed by atoms with Crippen LogP contribution >= 0.6 is 23.4 Å². The quantitative estimate of drug-likeness (QED) is 0.361. The number of halogens is 1. The summed E-state index contributed by atoms with van der Waals surface area (Å²) in [6.07, 6.45) is 0.286. The third-order valence-corrected chi connectivity index (χ3v) is 6.71. The predicted molar refractivity (Wildman–Crippen MR) is 139 cm³/mol. The Morgan fingerprint density at radius 1 is 1.14 bits per heavy atom. The van der Waals surface area contributed by atoms with Crippen LogP contribution in [-0.2, 0) is 29.1 Å². The zero-order chi connectivity index (χ0) is 25.4. The number of aromatic nitrogens is 3. The Labute approximate surface area is 214 Å². The molecule has 1 atom stereocenters. The number of carbonyl (C=O) groups excluding carboxylic acids is 2. The van der Waals surface area contributed by atoms with E-state index >= 15 is 0 Å². The van der Waals surface area contributed by atoms with Crippen LogP contribution in [0.25, 0.3) is 0 Å². The highest BCUT2D eigenvalue weighted by molar-refractivity contribution is 7.99. The van der Waals surface area contributed by atoms with Gasteiger partial charge in [-0.3, -0.25) is 9.59 Å². The molecule has 186 valence electrons. The van der Waals surface area contributed by atoms with Crippen molar-refractivity contribution in [2.24, 2.45) is 0 Å². The number of thioether (sulfide) groups is 1. The van der Waals surface area contributed by atoms with Gasteiger partial charge in [0.15, 0.2) is 17.1 Å². The number of rotatable bonds is 11. The third-order valence-electron chi connectivity index (χ3n) is 5.33. The molecule has 1 heterocycles. The van der Waals surface area contributed by atoms with Crippen molar-refractivity contribution < 1.29 is 14.3 Å². The molecule has 1 aromatic heterocycles. The smallest absolute Gasteiger partial charge is 0.261 e. The molecule has 10 heteroatoms. The van der Waals surface area contributed by atoms with Crippen LogP contribution in [0.2, 0.25) is 5.02 Å². The number of aryl methyl sites for hydroxylation is 2. The molecule has 2 N–H and O–H groups in total. The first-order chi connectivity index (χ1) is 16.8. The Hall–Kier alpha value is -3.04. The number of amides is 2. The van der Waals surface area contributed by atoms with Crippen LogP contribution in [0.4, 0.5) is 5.69 Å². The summed E-state index contributed by atoms with van der Waals surface area (Å²) in [6.45, 7) is 8.46. The highest BCUT2D eigenvalue weighted by Crippen LogP contribution is 2.21. The van der Waals surface area contributed by atoms with Gasteiger partial charge in [0.1, 0.15) is 5.75 Å². The van der Waals surface area contributed by atoms with Crippen LogP contribution in [0.5, 0.6) is 5.75 Å².